The van der Waals surface area contributed by atoms with Crippen molar-refractivity contribution in [2.45, 2.75) is 13.0 Å². The van der Waals surface area contributed by atoms with Gasteiger partial charge in [-0.25, -0.2) is 8.78 Å². The minimum atomic E-state index is -0.669. The summed E-state index contributed by atoms with van der Waals surface area (Å²) >= 11 is 0. The maximum atomic E-state index is 14.0. The van der Waals surface area contributed by atoms with Crippen LogP contribution in [0.4, 0.5) is 8.78 Å². The molecule has 1 atom stereocenters. The number of nitrogens with one attached hydrogen (secondary N) is 1. The molecule has 2 aromatic carbocycles. The first kappa shape index (κ1) is 13.8. The Morgan fingerprint density at radius 3 is 2.33 bits per heavy atom. The number of para-hydroxylation sites is 1. The Kier molecular flexibility index (Phi) is 3.47. The third kappa shape index (κ3) is 2.32. The van der Waals surface area contributed by atoms with Crippen molar-refractivity contribution in [2.75, 3.05) is 7.05 Å². The lowest BCUT2D eigenvalue weighted by Crippen LogP contribution is -2.19. The summed E-state index contributed by atoms with van der Waals surface area (Å²) in [5.41, 5.74) is 1.70. The van der Waals surface area contributed by atoms with Crippen molar-refractivity contribution in [1.82, 2.24) is 5.32 Å². The quantitative estimate of drug-likeness (QED) is 0.775. The van der Waals surface area contributed by atoms with Crippen LogP contribution in [0.2, 0.25) is 0 Å². The number of furan rings is 1. The minimum absolute atomic E-state index is 0.0308. The maximum Gasteiger partial charge on any atom is 0.137 e. The van der Waals surface area contributed by atoms with Gasteiger partial charge in [-0.1, -0.05) is 24.3 Å². The molecular formula is C17H15F2NO. The Morgan fingerprint density at radius 2 is 1.71 bits per heavy atom. The maximum absolute atomic E-state index is 14.0. The Morgan fingerprint density at radius 1 is 1.05 bits per heavy atom. The van der Waals surface area contributed by atoms with Crippen LogP contribution in [0.3, 0.4) is 0 Å². The van der Waals surface area contributed by atoms with E-state index < -0.39 is 17.7 Å². The molecule has 0 amide bonds. The molecule has 21 heavy (non-hydrogen) atoms. The molecule has 1 unspecified atom stereocenters. The predicted molar refractivity (Wildman–Crippen MR) is 78.2 cm³/mol. The lowest BCUT2D eigenvalue weighted by Gasteiger charge is -2.15. The SMILES string of the molecule is CNC(c1cc2cccc(C)c2o1)c1c(F)cccc1F. The van der Waals surface area contributed by atoms with Crippen molar-refractivity contribution in [3.05, 3.63) is 71.0 Å². The van der Waals surface area contributed by atoms with Gasteiger partial charge < -0.3 is 9.73 Å². The van der Waals surface area contributed by atoms with Crippen LogP contribution in [0.5, 0.6) is 0 Å². The van der Waals surface area contributed by atoms with E-state index in [1.54, 1.807) is 7.05 Å². The van der Waals surface area contributed by atoms with Crippen LogP contribution < -0.4 is 5.32 Å². The molecule has 0 fully saturated rings. The van der Waals surface area contributed by atoms with Gasteiger partial charge in [-0.05, 0) is 37.7 Å². The predicted octanol–water partition coefficient (Wildman–Crippen LogP) is 4.33. The molecule has 0 spiro atoms. The van der Waals surface area contributed by atoms with E-state index in [9.17, 15) is 8.78 Å². The lowest BCUT2D eigenvalue weighted by atomic mass is 10.0. The minimum Gasteiger partial charge on any atom is -0.459 e. The van der Waals surface area contributed by atoms with Crippen LogP contribution in [-0.2, 0) is 0 Å². The summed E-state index contributed by atoms with van der Waals surface area (Å²) in [5.74, 6) is -0.691. The molecule has 0 bridgehead atoms. The zero-order valence-electron chi connectivity index (χ0n) is 11.8. The van der Waals surface area contributed by atoms with E-state index >= 15 is 0 Å². The van der Waals surface area contributed by atoms with Gasteiger partial charge in [0.1, 0.15) is 23.0 Å². The molecule has 0 aliphatic carbocycles. The van der Waals surface area contributed by atoms with Crippen molar-refractivity contribution < 1.29 is 13.2 Å². The molecule has 0 aliphatic rings. The second-order valence-corrected chi connectivity index (χ2v) is 5.00. The van der Waals surface area contributed by atoms with E-state index in [0.717, 1.165) is 16.5 Å². The van der Waals surface area contributed by atoms with Crippen LogP contribution in [0.1, 0.15) is 22.9 Å². The highest BCUT2D eigenvalue weighted by atomic mass is 19.1. The first-order chi connectivity index (χ1) is 10.1. The summed E-state index contributed by atoms with van der Waals surface area (Å²) < 4.78 is 33.8. The van der Waals surface area contributed by atoms with Gasteiger partial charge in [0.25, 0.3) is 0 Å². The highest BCUT2D eigenvalue weighted by molar-refractivity contribution is 5.81. The highest BCUT2D eigenvalue weighted by Gasteiger charge is 2.23. The summed E-state index contributed by atoms with van der Waals surface area (Å²) in [6.07, 6.45) is 0. The number of aryl methyl sites for hydroxylation is 1. The smallest absolute Gasteiger partial charge is 0.137 e. The molecule has 1 N–H and O–H groups in total. The monoisotopic (exact) mass is 287 g/mol. The summed E-state index contributed by atoms with van der Waals surface area (Å²) in [6, 6.07) is 10.8. The van der Waals surface area contributed by atoms with E-state index in [-0.39, 0.29) is 5.56 Å². The normalized spacial score (nSPS) is 12.8. The molecular weight excluding hydrogens is 272 g/mol. The fourth-order valence-corrected chi connectivity index (χ4v) is 2.59. The highest BCUT2D eigenvalue weighted by Crippen LogP contribution is 2.31. The first-order valence-electron chi connectivity index (χ1n) is 6.72. The topological polar surface area (TPSA) is 25.2 Å². The third-order valence-corrected chi connectivity index (χ3v) is 3.62. The van der Waals surface area contributed by atoms with Crippen molar-refractivity contribution in [3.8, 4) is 0 Å². The Bertz CT molecular complexity index is 774. The summed E-state index contributed by atoms with van der Waals surface area (Å²) in [4.78, 5) is 0. The second kappa shape index (κ2) is 5.30. The third-order valence-electron chi connectivity index (χ3n) is 3.62. The number of hydrogen-bond donors (Lipinski definition) is 1. The Hall–Kier alpha value is -2.20. The van der Waals surface area contributed by atoms with E-state index in [4.69, 9.17) is 4.42 Å². The number of rotatable bonds is 3. The average Bonchev–Trinajstić information content (AvgIpc) is 2.88. The Balaban J connectivity index is 2.16. The van der Waals surface area contributed by atoms with Gasteiger partial charge in [-0.15, -0.1) is 0 Å². The molecule has 1 heterocycles. The summed E-state index contributed by atoms with van der Waals surface area (Å²) in [5, 5.41) is 3.84. The molecule has 1 aromatic heterocycles. The zero-order valence-corrected chi connectivity index (χ0v) is 11.8. The van der Waals surface area contributed by atoms with Crippen LogP contribution in [0, 0.1) is 18.6 Å². The standard InChI is InChI=1S/C17H15F2NO/c1-10-5-3-6-11-9-14(21-17(10)11)16(20-2)15-12(18)7-4-8-13(15)19/h3-9,16,20H,1-2H3. The number of fused-ring (bicyclic) bond motifs is 1. The fourth-order valence-electron chi connectivity index (χ4n) is 2.59. The molecule has 0 saturated heterocycles. The fraction of sp³-hybridized carbons (Fsp3) is 0.176. The molecule has 108 valence electrons. The zero-order chi connectivity index (χ0) is 15.0. The number of benzene rings is 2. The van der Waals surface area contributed by atoms with E-state index in [1.807, 2.05) is 31.2 Å². The van der Waals surface area contributed by atoms with Gasteiger partial charge in [0.15, 0.2) is 0 Å². The van der Waals surface area contributed by atoms with E-state index in [1.165, 1.54) is 18.2 Å². The number of halogens is 2. The van der Waals surface area contributed by atoms with Crippen molar-refractivity contribution in [2.24, 2.45) is 0 Å². The summed E-state index contributed by atoms with van der Waals surface area (Å²) in [7, 11) is 1.65. The molecule has 0 radical (unpaired) electrons. The lowest BCUT2D eigenvalue weighted by molar-refractivity contribution is 0.455. The molecule has 3 rings (SSSR count). The van der Waals surface area contributed by atoms with Gasteiger partial charge in [0.05, 0.1) is 6.04 Å². The van der Waals surface area contributed by atoms with Gasteiger partial charge in [-0.2, -0.15) is 0 Å². The van der Waals surface area contributed by atoms with Gasteiger partial charge in [-0.3, -0.25) is 0 Å². The summed E-state index contributed by atoms with van der Waals surface area (Å²) in [6.45, 7) is 1.94. The number of hydrogen-bond acceptors (Lipinski definition) is 2. The molecule has 2 nitrogen and oxygen atoms in total. The molecule has 4 heteroatoms. The van der Waals surface area contributed by atoms with E-state index in [2.05, 4.69) is 5.32 Å². The average molecular weight is 287 g/mol. The van der Waals surface area contributed by atoms with Crippen LogP contribution >= 0.6 is 0 Å². The van der Waals surface area contributed by atoms with Crippen LogP contribution in [0.15, 0.2) is 46.9 Å². The van der Waals surface area contributed by atoms with Gasteiger partial charge in [0, 0.05) is 10.9 Å². The first-order valence-corrected chi connectivity index (χ1v) is 6.72. The van der Waals surface area contributed by atoms with Crippen molar-refractivity contribution in [1.29, 1.82) is 0 Å². The molecule has 0 saturated carbocycles. The van der Waals surface area contributed by atoms with Crippen LogP contribution in [-0.4, -0.2) is 7.05 Å². The van der Waals surface area contributed by atoms with E-state index in [0.29, 0.717) is 5.76 Å². The Labute approximate surface area is 121 Å². The molecule has 0 aliphatic heterocycles. The molecule has 3 aromatic rings. The van der Waals surface area contributed by atoms with Gasteiger partial charge in [0.2, 0.25) is 0 Å². The van der Waals surface area contributed by atoms with Gasteiger partial charge >= 0.3 is 0 Å². The van der Waals surface area contributed by atoms with Crippen LogP contribution in [0.25, 0.3) is 11.0 Å². The largest absolute Gasteiger partial charge is 0.459 e. The second-order valence-electron chi connectivity index (χ2n) is 5.00. The van der Waals surface area contributed by atoms with Crippen molar-refractivity contribution in [3.63, 3.8) is 0 Å². The van der Waals surface area contributed by atoms with Crippen molar-refractivity contribution >= 4 is 11.0 Å².